The van der Waals surface area contributed by atoms with Crippen molar-refractivity contribution in [1.82, 2.24) is 4.90 Å². The van der Waals surface area contributed by atoms with Crippen LogP contribution in [-0.2, 0) is 20.8 Å². The van der Waals surface area contributed by atoms with E-state index >= 15 is 0 Å². The molecule has 1 aromatic rings. The third-order valence-corrected chi connectivity index (χ3v) is 3.25. The zero-order chi connectivity index (χ0) is 16.5. The smallest absolute Gasteiger partial charge is 0.251 e. The first-order valence-electron chi connectivity index (χ1n) is 7.42. The quantitative estimate of drug-likeness (QED) is 0.658. The number of hydrogen-bond acceptors (Lipinski definition) is 3. The Morgan fingerprint density at radius 2 is 1.86 bits per heavy atom. The van der Waals surface area contributed by atoms with Gasteiger partial charge < -0.3 is 14.4 Å². The second-order valence-corrected chi connectivity index (χ2v) is 4.76. The maximum Gasteiger partial charge on any atom is 0.251 e. The predicted octanol–water partition coefficient (Wildman–Crippen LogP) is 2.75. The molecule has 0 N–H and O–H groups in total. The van der Waals surface area contributed by atoms with Crippen LogP contribution in [0.3, 0.4) is 0 Å². The molecule has 6 heteroatoms. The van der Waals surface area contributed by atoms with E-state index in [1.165, 1.54) is 23.1 Å². The number of nitrogens with zero attached hydrogens (tertiary/aromatic N) is 1. The third-order valence-electron chi connectivity index (χ3n) is 3.25. The van der Waals surface area contributed by atoms with Crippen LogP contribution >= 0.6 is 0 Å². The van der Waals surface area contributed by atoms with E-state index < -0.39 is 17.7 Å². The largest absolute Gasteiger partial charge is 0.379 e. The van der Waals surface area contributed by atoms with Crippen LogP contribution in [0.4, 0.5) is 8.78 Å². The summed E-state index contributed by atoms with van der Waals surface area (Å²) in [4.78, 5) is 13.6. The first-order valence-corrected chi connectivity index (χ1v) is 7.42. The van der Waals surface area contributed by atoms with Crippen molar-refractivity contribution in [3.8, 4) is 0 Å². The van der Waals surface area contributed by atoms with Crippen molar-refractivity contribution in [2.45, 2.75) is 33.4 Å². The van der Waals surface area contributed by atoms with Crippen LogP contribution in [0.25, 0.3) is 0 Å². The summed E-state index contributed by atoms with van der Waals surface area (Å²) >= 11 is 0. The monoisotopic (exact) mass is 315 g/mol. The van der Waals surface area contributed by atoms with Gasteiger partial charge in [-0.05, 0) is 32.9 Å². The lowest BCUT2D eigenvalue weighted by molar-refractivity contribution is -0.144. The Hall–Kier alpha value is -1.53. The summed E-state index contributed by atoms with van der Waals surface area (Å²) in [5, 5.41) is 0. The minimum atomic E-state index is -0.685. The van der Waals surface area contributed by atoms with E-state index in [4.69, 9.17) is 9.47 Å². The molecule has 0 radical (unpaired) electrons. The van der Waals surface area contributed by atoms with Crippen molar-refractivity contribution < 1.29 is 23.0 Å². The second-order valence-electron chi connectivity index (χ2n) is 4.76. The highest BCUT2D eigenvalue weighted by molar-refractivity contribution is 5.80. The number of rotatable bonds is 9. The van der Waals surface area contributed by atoms with Crippen LogP contribution in [0.2, 0.25) is 0 Å². The highest BCUT2D eigenvalue weighted by Gasteiger charge is 2.22. The first kappa shape index (κ1) is 18.5. The molecule has 1 amide bonds. The lowest BCUT2D eigenvalue weighted by Gasteiger charge is -2.25. The van der Waals surface area contributed by atoms with Crippen molar-refractivity contribution in [2.75, 3.05) is 26.4 Å². The van der Waals surface area contributed by atoms with Gasteiger partial charge in [0.25, 0.3) is 5.91 Å². The molecule has 0 heterocycles. The van der Waals surface area contributed by atoms with E-state index in [2.05, 4.69) is 0 Å². The fraction of sp³-hybridized carbons (Fsp3) is 0.562. The van der Waals surface area contributed by atoms with Gasteiger partial charge in [-0.3, -0.25) is 4.79 Å². The number of hydrogen-bond donors (Lipinski definition) is 0. The van der Waals surface area contributed by atoms with Gasteiger partial charge in [0.2, 0.25) is 0 Å². The van der Waals surface area contributed by atoms with Gasteiger partial charge in [-0.1, -0.05) is 6.07 Å². The number of halogens is 2. The van der Waals surface area contributed by atoms with Crippen molar-refractivity contribution in [2.24, 2.45) is 0 Å². The molecule has 0 aliphatic rings. The number of likely N-dealkylation sites (N-methyl/N-ethyl adjacent to an activating group) is 1. The minimum Gasteiger partial charge on any atom is -0.379 e. The normalized spacial score (nSPS) is 12.2. The summed E-state index contributed by atoms with van der Waals surface area (Å²) in [5.74, 6) is -1.62. The number of carbonyl (C=O) groups excluding carboxylic acids is 1. The molecule has 22 heavy (non-hydrogen) atoms. The second kappa shape index (κ2) is 9.48. The SMILES string of the molecule is CCOCCO[C@@H](C)C(=O)N(CC)Cc1c(F)cccc1F. The van der Waals surface area contributed by atoms with Gasteiger partial charge in [-0.25, -0.2) is 8.78 Å². The van der Waals surface area contributed by atoms with Crippen LogP contribution in [0.1, 0.15) is 26.3 Å². The molecular formula is C16H23F2NO3. The number of carbonyl (C=O) groups is 1. The Morgan fingerprint density at radius 1 is 1.23 bits per heavy atom. The molecule has 0 bridgehead atoms. The molecule has 0 fully saturated rings. The molecule has 0 aliphatic heterocycles. The van der Waals surface area contributed by atoms with Crippen LogP contribution < -0.4 is 0 Å². The molecule has 0 aromatic heterocycles. The molecule has 1 rings (SSSR count). The van der Waals surface area contributed by atoms with E-state index in [1.807, 2.05) is 6.92 Å². The van der Waals surface area contributed by atoms with Gasteiger partial charge in [0.05, 0.1) is 19.8 Å². The Balaban J connectivity index is 2.64. The van der Waals surface area contributed by atoms with Crippen LogP contribution in [0, 0.1) is 11.6 Å². The van der Waals surface area contributed by atoms with Crippen molar-refractivity contribution in [1.29, 1.82) is 0 Å². The van der Waals surface area contributed by atoms with E-state index in [9.17, 15) is 13.6 Å². The lowest BCUT2D eigenvalue weighted by Crippen LogP contribution is -2.39. The topological polar surface area (TPSA) is 38.8 Å². The van der Waals surface area contributed by atoms with Gasteiger partial charge >= 0.3 is 0 Å². The van der Waals surface area contributed by atoms with Gasteiger partial charge in [0.1, 0.15) is 17.7 Å². The highest BCUT2D eigenvalue weighted by atomic mass is 19.1. The summed E-state index contributed by atoms with van der Waals surface area (Å²) in [5.41, 5.74) is -0.112. The molecule has 0 saturated heterocycles. The third kappa shape index (κ3) is 5.35. The van der Waals surface area contributed by atoms with Crippen LogP contribution in [0.5, 0.6) is 0 Å². The van der Waals surface area contributed by atoms with Gasteiger partial charge in [0.15, 0.2) is 0 Å². The minimum absolute atomic E-state index is 0.112. The summed E-state index contributed by atoms with van der Waals surface area (Å²) < 4.78 is 37.9. The van der Waals surface area contributed by atoms with Crippen molar-refractivity contribution in [3.05, 3.63) is 35.4 Å². The maximum atomic E-state index is 13.7. The number of ether oxygens (including phenoxy) is 2. The Kier molecular flexibility index (Phi) is 7.98. The number of amides is 1. The molecule has 4 nitrogen and oxygen atoms in total. The van der Waals surface area contributed by atoms with Gasteiger partial charge in [-0.2, -0.15) is 0 Å². The zero-order valence-electron chi connectivity index (χ0n) is 13.3. The average Bonchev–Trinajstić information content (AvgIpc) is 2.50. The zero-order valence-corrected chi connectivity index (χ0v) is 13.3. The molecule has 1 atom stereocenters. The van der Waals surface area contributed by atoms with Crippen molar-refractivity contribution >= 4 is 5.91 Å². The summed E-state index contributed by atoms with van der Waals surface area (Å²) in [6.45, 7) is 6.75. The molecule has 0 unspecified atom stereocenters. The highest BCUT2D eigenvalue weighted by Crippen LogP contribution is 2.15. The van der Waals surface area contributed by atoms with E-state index in [0.29, 0.717) is 26.4 Å². The average molecular weight is 315 g/mol. The van der Waals surface area contributed by atoms with Crippen LogP contribution in [0.15, 0.2) is 18.2 Å². The van der Waals surface area contributed by atoms with Gasteiger partial charge in [-0.15, -0.1) is 0 Å². The molecular weight excluding hydrogens is 292 g/mol. The molecule has 0 spiro atoms. The lowest BCUT2D eigenvalue weighted by atomic mass is 10.1. The fourth-order valence-corrected chi connectivity index (χ4v) is 1.98. The summed E-state index contributed by atoms with van der Waals surface area (Å²) in [6, 6.07) is 3.66. The molecule has 1 aromatic carbocycles. The Morgan fingerprint density at radius 3 is 2.41 bits per heavy atom. The summed E-state index contributed by atoms with van der Waals surface area (Å²) in [6.07, 6.45) is -0.685. The Labute approximate surface area is 130 Å². The predicted molar refractivity (Wildman–Crippen MR) is 79.4 cm³/mol. The van der Waals surface area contributed by atoms with Crippen molar-refractivity contribution in [3.63, 3.8) is 0 Å². The summed E-state index contributed by atoms with van der Waals surface area (Å²) in [7, 11) is 0. The van der Waals surface area contributed by atoms with E-state index in [1.54, 1.807) is 13.8 Å². The van der Waals surface area contributed by atoms with E-state index in [0.717, 1.165) is 0 Å². The standard InChI is InChI=1S/C16H23F2NO3/c1-4-19(11-13-14(17)7-6-8-15(13)18)16(20)12(3)22-10-9-21-5-2/h6-8,12H,4-5,9-11H2,1-3H3/t12-/m0/s1. The number of benzene rings is 1. The Bertz CT molecular complexity index is 462. The van der Waals surface area contributed by atoms with Gasteiger partial charge in [0, 0.05) is 18.7 Å². The van der Waals surface area contributed by atoms with Crippen LogP contribution in [-0.4, -0.2) is 43.3 Å². The maximum absolute atomic E-state index is 13.7. The molecule has 0 saturated carbocycles. The first-order chi connectivity index (χ1) is 10.5. The van der Waals surface area contributed by atoms with E-state index in [-0.39, 0.29) is 18.0 Å². The molecule has 124 valence electrons. The fourth-order valence-electron chi connectivity index (χ4n) is 1.98. The molecule has 0 aliphatic carbocycles.